The Morgan fingerprint density at radius 2 is 1.19 bits per heavy atom. The zero-order chi connectivity index (χ0) is 12.0. The van der Waals surface area contributed by atoms with Crippen LogP contribution in [0.25, 0.3) is 11.1 Å². The van der Waals surface area contributed by atoms with Crippen molar-refractivity contribution >= 4 is 0 Å². The van der Waals surface area contributed by atoms with Crippen molar-refractivity contribution in [3.8, 4) is 11.1 Å². The van der Waals surface area contributed by atoms with Crippen LogP contribution in [0.3, 0.4) is 0 Å². The van der Waals surface area contributed by atoms with Gasteiger partial charge in [0.25, 0.3) is 0 Å². The van der Waals surface area contributed by atoms with Gasteiger partial charge >= 0.3 is 0 Å². The Morgan fingerprint density at radius 1 is 0.688 bits per heavy atom. The summed E-state index contributed by atoms with van der Waals surface area (Å²) in [4.78, 5) is 0. The first-order chi connectivity index (χ1) is 7.79. The standard InChI is InChI=1S/C12H8F2.C2H6/c13-10-7-4-8-11(14)12(10)9-5-2-1-3-6-9;1-2/h1-8H;1-2H3. The third kappa shape index (κ3) is 2.66. The molecule has 0 saturated carbocycles. The van der Waals surface area contributed by atoms with Gasteiger partial charge in [0, 0.05) is 0 Å². The number of hydrogen-bond donors (Lipinski definition) is 0. The normalized spacial score (nSPS) is 9.25. The van der Waals surface area contributed by atoms with Crippen LogP contribution in [0.5, 0.6) is 0 Å². The van der Waals surface area contributed by atoms with Gasteiger partial charge in [0.15, 0.2) is 0 Å². The van der Waals surface area contributed by atoms with Crippen LogP contribution in [-0.4, -0.2) is 0 Å². The van der Waals surface area contributed by atoms with E-state index < -0.39 is 11.6 Å². The van der Waals surface area contributed by atoms with Crippen LogP contribution in [0.1, 0.15) is 13.8 Å². The first-order valence-electron chi connectivity index (χ1n) is 5.28. The van der Waals surface area contributed by atoms with E-state index in [0.29, 0.717) is 5.56 Å². The van der Waals surface area contributed by atoms with Gasteiger partial charge < -0.3 is 0 Å². The predicted molar refractivity (Wildman–Crippen MR) is 63.1 cm³/mol. The first kappa shape index (κ1) is 12.4. The van der Waals surface area contributed by atoms with Crippen LogP contribution < -0.4 is 0 Å². The highest BCUT2D eigenvalue weighted by Gasteiger charge is 2.09. The highest BCUT2D eigenvalue weighted by atomic mass is 19.1. The molecule has 0 nitrogen and oxygen atoms in total. The zero-order valence-electron chi connectivity index (χ0n) is 9.37. The molecule has 0 bridgehead atoms. The molecule has 0 radical (unpaired) electrons. The molecule has 0 aliphatic heterocycles. The summed E-state index contributed by atoms with van der Waals surface area (Å²) in [5.41, 5.74) is 0.594. The van der Waals surface area contributed by atoms with Crippen molar-refractivity contribution in [1.82, 2.24) is 0 Å². The Labute approximate surface area is 94.6 Å². The highest BCUT2D eigenvalue weighted by Crippen LogP contribution is 2.25. The van der Waals surface area contributed by atoms with Crippen LogP contribution in [0.4, 0.5) is 8.78 Å². The Bertz CT molecular complexity index is 415. The van der Waals surface area contributed by atoms with E-state index in [1.807, 2.05) is 19.9 Å². The monoisotopic (exact) mass is 220 g/mol. The predicted octanol–water partition coefficient (Wildman–Crippen LogP) is 4.66. The fraction of sp³-hybridized carbons (Fsp3) is 0.143. The largest absolute Gasteiger partial charge is 0.206 e. The summed E-state index contributed by atoms with van der Waals surface area (Å²) in [5, 5.41) is 0. The van der Waals surface area contributed by atoms with Gasteiger partial charge in [-0.15, -0.1) is 0 Å². The van der Waals surface area contributed by atoms with E-state index in [-0.39, 0.29) is 5.56 Å². The molecule has 0 atom stereocenters. The molecule has 0 aliphatic rings. The van der Waals surface area contributed by atoms with E-state index in [4.69, 9.17) is 0 Å². The van der Waals surface area contributed by atoms with Crippen molar-refractivity contribution in [3.63, 3.8) is 0 Å². The number of hydrogen-bond acceptors (Lipinski definition) is 0. The average molecular weight is 220 g/mol. The van der Waals surface area contributed by atoms with E-state index in [2.05, 4.69) is 0 Å². The minimum Gasteiger partial charge on any atom is -0.206 e. The van der Waals surface area contributed by atoms with Gasteiger partial charge in [0.1, 0.15) is 11.6 Å². The Morgan fingerprint density at radius 3 is 1.69 bits per heavy atom. The smallest absolute Gasteiger partial charge is 0.133 e. The van der Waals surface area contributed by atoms with Crippen molar-refractivity contribution in [2.75, 3.05) is 0 Å². The average Bonchev–Trinajstić information content (AvgIpc) is 2.33. The summed E-state index contributed by atoms with van der Waals surface area (Å²) >= 11 is 0. The molecule has 0 N–H and O–H groups in total. The molecule has 84 valence electrons. The molecule has 2 aromatic carbocycles. The highest BCUT2D eigenvalue weighted by molar-refractivity contribution is 5.64. The molecule has 2 rings (SSSR count). The van der Waals surface area contributed by atoms with E-state index in [1.54, 1.807) is 24.3 Å². The molecule has 2 aromatic rings. The Balaban J connectivity index is 0.000000606. The van der Waals surface area contributed by atoms with E-state index in [9.17, 15) is 8.78 Å². The lowest BCUT2D eigenvalue weighted by atomic mass is 10.0. The lowest BCUT2D eigenvalue weighted by molar-refractivity contribution is 0.589. The van der Waals surface area contributed by atoms with Gasteiger partial charge in [-0.05, 0) is 17.7 Å². The molecule has 0 aromatic heterocycles. The van der Waals surface area contributed by atoms with Crippen LogP contribution in [0, 0.1) is 11.6 Å². The van der Waals surface area contributed by atoms with Crippen molar-refractivity contribution in [2.45, 2.75) is 13.8 Å². The van der Waals surface area contributed by atoms with Crippen LogP contribution in [0.2, 0.25) is 0 Å². The van der Waals surface area contributed by atoms with Crippen molar-refractivity contribution in [2.24, 2.45) is 0 Å². The molecule has 0 unspecified atom stereocenters. The molecule has 0 aliphatic carbocycles. The minimum atomic E-state index is -0.531. The fourth-order valence-corrected chi connectivity index (χ4v) is 1.38. The molecule has 0 heterocycles. The van der Waals surface area contributed by atoms with Crippen LogP contribution >= 0.6 is 0 Å². The molecular weight excluding hydrogens is 206 g/mol. The van der Waals surface area contributed by atoms with Crippen molar-refractivity contribution in [1.29, 1.82) is 0 Å². The Hall–Kier alpha value is -1.70. The number of rotatable bonds is 1. The summed E-state index contributed by atoms with van der Waals surface area (Å²) in [6.07, 6.45) is 0. The maximum Gasteiger partial charge on any atom is 0.133 e. The van der Waals surface area contributed by atoms with E-state index in [0.717, 1.165) is 0 Å². The summed E-state index contributed by atoms with van der Waals surface area (Å²) in [7, 11) is 0. The maximum absolute atomic E-state index is 13.3. The van der Waals surface area contributed by atoms with Gasteiger partial charge in [-0.3, -0.25) is 0 Å². The van der Waals surface area contributed by atoms with Gasteiger partial charge in [-0.2, -0.15) is 0 Å². The number of benzene rings is 2. The topological polar surface area (TPSA) is 0 Å². The van der Waals surface area contributed by atoms with Crippen LogP contribution in [-0.2, 0) is 0 Å². The van der Waals surface area contributed by atoms with E-state index >= 15 is 0 Å². The van der Waals surface area contributed by atoms with Gasteiger partial charge in [0.2, 0.25) is 0 Å². The Kier molecular flexibility index (Phi) is 4.65. The minimum absolute atomic E-state index is 0.0353. The third-order valence-electron chi connectivity index (χ3n) is 2.03. The first-order valence-corrected chi connectivity index (χ1v) is 5.28. The maximum atomic E-state index is 13.3. The van der Waals surface area contributed by atoms with E-state index in [1.165, 1.54) is 18.2 Å². The second-order valence-corrected chi connectivity index (χ2v) is 2.96. The lowest BCUT2D eigenvalue weighted by Crippen LogP contribution is -1.88. The second kappa shape index (κ2) is 6.01. The van der Waals surface area contributed by atoms with Gasteiger partial charge in [-0.25, -0.2) is 8.78 Å². The third-order valence-corrected chi connectivity index (χ3v) is 2.03. The summed E-state index contributed by atoms with van der Waals surface area (Å²) in [6, 6.07) is 12.5. The SMILES string of the molecule is CC.Fc1cccc(F)c1-c1ccccc1. The molecule has 0 fully saturated rings. The fourth-order valence-electron chi connectivity index (χ4n) is 1.38. The lowest BCUT2D eigenvalue weighted by Gasteiger charge is -2.03. The van der Waals surface area contributed by atoms with Crippen molar-refractivity contribution < 1.29 is 8.78 Å². The molecular formula is C14H14F2. The molecule has 2 heteroatoms. The summed E-state index contributed by atoms with van der Waals surface area (Å²) in [5.74, 6) is -1.06. The quantitative estimate of drug-likeness (QED) is 0.655. The van der Waals surface area contributed by atoms with Gasteiger partial charge in [-0.1, -0.05) is 50.2 Å². The number of halogens is 2. The zero-order valence-corrected chi connectivity index (χ0v) is 9.37. The van der Waals surface area contributed by atoms with Crippen molar-refractivity contribution in [3.05, 3.63) is 60.2 Å². The second-order valence-electron chi connectivity index (χ2n) is 2.96. The molecule has 16 heavy (non-hydrogen) atoms. The van der Waals surface area contributed by atoms with Crippen LogP contribution in [0.15, 0.2) is 48.5 Å². The molecule has 0 spiro atoms. The molecule has 0 amide bonds. The summed E-state index contributed by atoms with van der Waals surface area (Å²) < 4.78 is 26.6. The molecule has 0 saturated heterocycles. The van der Waals surface area contributed by atoms with Gasteiger partial charge in [0.05, 0.1) is 5.56 Å². The summed E-state index contributed by atoms with van der Waals surface area (Å²) in [6.45, 7) is 4.00.